The predicted octanol–water partition coefficient (Wildman–Crippen LogP) is 2.00. The van der Waals surface area contributed by atoms with Gasteiger partial charge in [0.2, 0.25) is 5.96 Å². The zero-order chi connectivity index (χ0) is 18.0. The Bertz CT molecular complexity index is 622. The summed E-state index contributed by atoms with van der Waals surface area (Å²) in [6.45, 7) is 5.07. The van der Waals surface area contributed by atoms with Crippen LogP contribution in [0.25, 0.3) is 0 Å². The summed E-state index contributed by atoms with van der Waals surface area (Å²) in [5.41, 5.74) is -0.563. The average Bonchev–Trinajstić information content (AvgIpc) is 2.93. The van der Waals surface area contributed by atoms with Gasteiger partial charge in [0.15, 0.2) is 6.19 Å². The maximum Gasteiger partial charge on any atom is 0.205 e. The van der Waals surface area contributed by atoms with Gasteiger partial charge >= 0.3 is 0 Å². The van der Waals surface area contributed by atoms with Gasteiger partial charge < -0.3 is 14.6 Å². The molecule has 0 amide bonds. The van der Waals surface area contributed by atoms with E-state index in [0.717, 1.165) is 29.6 Å². The molecular weight excluding hydrogens is 322 g/mol. The highest BCUT2D eigenvalue weighted by atomic mass is 32.2. The number of nitrogens with zero attached hydrogens (tertiary/aromatic N) is 3. The monoisotopic (exact) mass is 347 g/mol. The van der Waals surface area contributed by atoms with E-state index in [-0.39, 0.29) is 0 Å². The van der Waals surface area contributed by atoms with Crippen LogP contribution in [0.4, 0.5) is 0 Å². The van der Waals surface area contributed by atoms with Crippen molar-refractivity contribution in [3.05, 3.63) is 23.7 Å². The van der Waals surface area contributed by atoms with Crippen LogP contribution in [0.1, 0.15) is 25.4 Å². The summed E-state index contributed by atoms with van der Waals surface area (Å²) in [7, 11) is 4.02. The highest BCUT2D eigenvalue weighted by Crippen LogP contribution is 2.16. The van der Waals surface area contributed by atoms with E-state index >= 15 is 0 Å². The van der Waals surface area contributed by atoms with Crippen molar-refractivity contribution in [1.82, 2.24) is 15.5 Å². The molecule has 1 aromatic heterocycles. The molecule has 0 saturated carbocycles. The number of hydrogen-bond donors (Lipinski definition) is 2. The maximum atomic E-state index is 8.77. The number of thioether (sulfide) groups is 1. The molecule has 1 rings (SSSR count). The topological polar surface area (TPSA) is 76.6 Å². The average molecular weight is 347 g/mol. The van der Waals surface area contributed by atoms with Gasteiger partial charge in [-0.3, -0.25) is 10.3 Å². The Morgan fingerprint density at radius 3 is 2.75 bits per heavy atom. The Hall–Kier alpha value is -2.09. The van der Waals surface area contributed by atoms with Crippen molar-refractivity contribution in [2.24, 2.45) is 4.99 Å². The Morgan fingerprint density at radius 2 is 2.12 bits per heavy atom. The molecule has 0 saturated heterocycles. The van der Waals surface area contributed by atoms with Crippen molar-refractivity contribution in [2.75, 3.05) is 26.4 Å². The zero-order valence-electron chi connectivity index (χ0n) is 14.7. The first-order chi connectivity index (χ1) is 11.4. The number of nitrogens with one attached hydrogen (secondary N) is 2. The lowest BCUT2D eigenvalue weighted by atomic mass is 10.1. The van der Waals surface area contributed by atoms with E-state index in [4.69, 9.17) is 16.1 Å². The third kappa shape index (κ3) is 7.96. The van der Waals surface area contributed by atoms with E-state index in [0.29, 0.717) is 12.5 Å². The Balaban J connectivity index is 2.38. The van der Waals surface area contributed by atoms with Crippen LogP contribution < -0.4 is 10.6 Å². The molecule has 0 aliphatic rings. The molecule has 0 aliphatic carbocycles. The molecule has 0 fully saturated rings. The Morgan fingerprint density at radius 1 is 1.42 bits per heavy atom. The fraction of sp³-hybridized carbons (Fsp3) is 0.529. The van der Waals surface area contributed by atoms with E-state index in [1.54, 1.807) is 11.8 Å². The third-order valence-electron chi connectivity index (χ3n) is 2.91. The standard InChI is InChI=1S/C17H25N5OS/c1-6-17(2,3)21-16(20-13-18)19-9-10-24-12-15-8-7-14(23-15)11-22(4)5/h1,7-8H,9-12H2,2-5H3,(H2,19,20,21). The summed E-state index contributed by atoms with van der Waals surface area (Å²) in [6, 6.07) is 4.02. The van der Waals surface area contributed by atoms with Gasteiger partial charge in [-0.25, -0.2) is 0 Å². The van der Waals surface area contributed by atoms with Gasteiger partial charge in [-0.1, -0.05) is 5.92 Å². The van der Waals surface area contributed by atoms with Gasteiger partial charge in [-0.2, -0.15) is 17.0 Å². The minimum absolute atomic E-state index is 0.396. The number of nitriles is 1. The smallest absolute Gasteiger partial charge is 0.205 e. The first kappa shape index (κ1) is 20.0. The minimum Gasteiger partial charge on any atom is -0.464 e. The van der Waals surface area contributed by atoms with Gasteiger partial charge in [0.05, 0.1) is 24.4 Å². The number of guanidine groups is 1. The lowest BCUT2D eigenvalue weighted by molar-refractivity contribution is 0.344. The molecule has 1 aromatic rings. The van der Waals surface area contributed by atoms with Crippen LogP contribution >= 0.6 is 11.8 Å². The maximum absolute atomic E-state index is 8.77. The van der Waals surface area contributed by atoms with Gasteiger partial charge in [-0.05, 0) is 40.1 Å². The zero-order valence-corrected chi connectivity index (χ0v) is 15.5. The molecule has 0 bridgehead atoms. The van der Waals surface area contributed by atoms with E-state index < -0.39 is 5.54 Å². The SMILES string of the molecule is C#CC(C)(C)NC(=NCCSCc1ccc(CN(C)C)o1)NC#N. The van der Waals surface area contributed by atoms with Gasteiger partial charge in [-0.15, -0.1) is 6.42 Å². The number of terminal acetylenes is 1. The van der Waals surface area contributed by atoms with E-state index in [1.165, 1.54) is 0 Å². The molecule has 2 N–H and O–H groups in total. The summed E-state index contributed by atoms with van der Waals surface area (Å²) < 4.78 is 5.75. The second kappa shape index (κ2) is 9.92. The number of aliphatic imine (C=N–C) groups is 1. The van der Waals surface area contributed by atoms with Gasteiger partial charge in [0.1, 0.15) is 11.5 Å². The van der Waals surface area contributed by atoms with Crippen LogP contribution in [0.2, 0.25) is 0 Å². The number of furan rings is 1. The summed E-state index contributed by atoms with van der Waals surface area (Å²) >= 11 is 1.73. The van der Waals surface area contributed by atoms with E-state index in [9.17, 15) is 0 Å². The molecular formula is C17H25N5OS. The molecule has 6 nitrogen and oxygen atoms in total. The molecule has 0 radical (unpaired) electrons. The summed E-state index contributed by atoms with van der Waals surface area (Å²) in [5.74, 6) is 6.55. The van der Waals surface area contributed by atoms with Crippen LogP contribution in [0.3, 0.4) is 0 Å². The lowest BCUT2D eigenvalue weighted by Gasteiger charge is -2.21. The van der Waals surface area contributed by atoms with Crippen molar-refractivity contribution in [3.8, 4) is 18.5 Å². The molecule has 0 atom stereocenters. The van der Waals surface area contributed by atoms with Crippen molar-refractivity contribution in [1.29, 1.82) is 5.26 Å². The van der Waals surface area contributed by atoms with Gasteiger partial charge in [0.25, 0.3) is 0 Å². The Labute approximate surface area is 148 Å². The quantitative estimate of drug-likeness (QED) is 0.187. The summed E-state index contributed by atoms with van der Waals surface area (Å²) in [5, 5.41) is 14.3. The third-order valence-corrected chi connectivity index (χ3v) is 3.87. The minimum atomic E-state index is -0.563. The number of rotatable bonds is 8. The lowest BCUT2D eigenvalue weighted by Crippen LogP contribution is -2.47. The fourth-order valence-corrected chi connectivity index (χ4v) is 2.51. The first-order valence-electron chi connectivity index (χ1n) is 7.62. The van der Waals surface area contributed by atoms with E-state index in [1.807, 2.05) is 46.3 Å². The number of hydrogen-bond acceptors (Lipinski definition) is 5. The molecule has 7 heteroatoms. The van der Waals surface area contributed by atoms with Crippen LogP contribution in [-0.4, -0.2) is 42.8 Å². The second-order valence-electron chi connectivity index (χ2n) is 6.02. The fourth-order valence-electron chi connectivity index (χ4n) is 1.79. The van der Waals surface area contributed by atoms with Crippen molar-refractivity contribution < 1.29 is 4.42 Å². The molecule has 1 heterocycles. The van der Waals surface area contributed by atoms with Crippen molar-refractivity contribution >= 4 is 17.7 Å². The highest BCUT2D eigenvalue weighted by molar-refractivity contribution is 7.98. The molecule has 24 heavy (non-hydrogen) atoms. The highest BCUT2D eigenvalue weighted by Gasteiger charge is 2.15. The van der Waals surface area contributed by atoms with Crippen molar-refractivity contribution in [3.63, 3.8) is 0 Å². The van der Waals surface area contributed by atoms with E-state index in [2.05, 4.69) is 26.4 Å². The Kier molecular flexibility index (Phi) is 8.25. The molecule has 0 spiro atoms. The molecule has 0 unspecified atom stereocenters. The van der Waals surface area contributed by atoms with Crippen LogP contribution in [0, 0.1) is 23.8 Å². The van der Waals surface area contributed by atoms with Crippen LogP contribution in [0.15, 0.2) is 21.5 Å². The molecule has 130 valence electrons. The molecule has 0 aromatic carbocycles. The second-order valence-corrected chi connectivity index (χ2v) is 7.13. The molecule has 0 aliphatic heterocycles. The van der Waals surface area contributed by atoms with Crippen molar-refractivity contribution in [2.45, 2.75) is 31.7 Å². The van der Waals surface area contributed by atoms with Crippen LogP contribution in [-0.2, 0) is 12.3 Å². The predicted molar refractivity (Wildman–Crippen MR) is 99.4 cm³/mol. The van der Waals surface area contributed by atoms with Gasteiger partial charge in [0, 0.05) is 5.75 Å². The summed E-state index contributed by atoms with van der Waals surface area (Å²) in [4.78, 5) is 6.41. The normalized spacial score (nSPS) is 11.9. The first-order valence-corrected chi connectivity index (χ1v) is 8.77. The summed E-state index contributed by atoms with van der Waals surface area (Å²) in [6.07, 6.45) is 7.29. The largest absolute Gasteiger partial charge is 0.464 e. The van der Waals surface area contributed by atoms with Crippen LogP contribution in [0.5, 0.6) is 0 Å².